The molecule has 4 nitrogen and oxygen atoms in total. The normalized spacial score (nSPS) is 10.4. The number of rotatable bonds is 8. The van der Waals surface area contributed by atoms with E-state index < -0.39 is 0 Å². The molecular weight excluding hydrogens is 424 g/mol. The van der Waals surface area contributed by atoms with E-state index in [1.807, 2.05) is 133 Å². The Morgan fingerprint density at radius 1 is 0.265 bits per heavy atom. The van der Waals surface area contributed by atoms with Crippen molar-refractivity contribution in [2.45, 2.75) is 0 Å². The molecule has 0 saturated carbocycles. The Morgan fingerprint density at radius 3 is 1.24 bits per heavy atom. The van der Waals surface area contributed by atoms with Crippen LogP contribution in [0.3, 0.4) is 0 Å². The van der Waals surface area contributed by atoms with Crippen LogP contribution in [0.1, 0.15) is 0 Å². The molecule has 0 atom stereocenters. The molecule has 4 heteroatoms. The van der Waals surface area contributed by atoms with Crippen LogP contribution in [0.2, 0.25) is 0 Å². The van der Waals surface area contributed by atoms with E-state index in [4.69, 9.17) is 18.9 Å². The number of hydrogen-bond donors (Lipinski definition) is 0. The third kappa shape index (κ3) is 5.56. The van der Waals surface area contributed by atoms with E-state index in [1.165, 1.54) is 0 Å². The highest BCUT2D eigenvalue weighted by Gasteiger charge is 2.12. The zero-order chi connectivity index (χ0) is 23.0. The van der Waals surface area contributed by atoms with Gasteiger partial charge in [0.15, 0.2) is 11.5 Å². The molecule has 0 N–H and O–H groups in total. The van der Waals surface area contributed by atoms with Gasteiger partial charge in [-0.2, -0.15) is 0 Å². The van der Waals surface area contributed by atoms with Gasteiger partial charge in [0.25, 0.3) is 0 Å². The van der Waals surface area contributed by atoms with Crippen LogP contribution < -0.4 is 18.9 Å². The van der Waals surface area contributed by atoms with E-state index >= 15 is 0 Å². The van der Waals surface area contributed by atoms with Crippen molar-refractivity contribution >= 4 is 0 Å². The molecule has 0 amide bonds. The fourth-order valence-corrected chi connectivity index (χ4v) is 3.31. The highest BCUT2D eigenvalue weighted by Crippen LogP contribution is 2.39. The zero-order valence-corrected chi connectivity index (χ0v) is 18.3. The smallest absolute Gasteiger partial charge is 0.173 e. The van der Waals surface area contributed by atoms with Gasteiger partial charge >= 0.3 is 0 Å². The van der Waals surface area contributed by atoms with Gasteiger partial charge in [-0.25, -0.2) is 0 Å². The van der Waals surface area contributed by atoms with E-state index in [-0.39, 0.29) is 0 Å². The zero-order valence-electron chi connectivity index (χ0n) is 18.3. The SMILES string of the molecule is c1ccc(Oc2cccc(Oc3cc(Oc4ccccc4)ccc3Oc3ccccc3)c2)cc1. The van der Waals surface area contributed by atoms with Crippen molar-refractivity contribution in [1.29, 1.82) is 0 Å². The fraction of sp³-hybridized carbons (Fsp3) is 0. The highest BCUT2D eigenvalue weighted by atomic mass is 16.5. The summed E-state index contributed by atoms with van der Waals surface area (Å²) in [4.78, 5) is 0. The molecule has 0 aliphatic rings. The van der Waals surface area contributed by atoms with Crippen molar-refractivity contribution in [2.75, 3.05) is 0 Å². The van der Waals surface area contributed by atoms with E-state index in [1.54, 1.807) is 0 Å². The summed E-state index contributed by atoms with van der Waals surface area (Å²) in [7, 11) is 0. The summed E-state index contributed by atoms with van der Waals surface area (Å²) >= 11 is 0. The van der Waals surface area contributed by atoms with Crippen molar-refractivity contribution in [1.82, 2.24) is 0 Å². The minimum Gasteiger partial charge on any atom is -0.457 e. The molecule has 0 aliphatic carbocycles. The summed E-state index contributed by atoms with van der Waals surface area (Å²) in [6, 6.07) is 41.8. The second kappa shape index (κ2) is 10.3. The molecule has 0 fully saturated rings. The average Bonchev–Trinajstić information content (AvgIpc) is 2.88. The Bertz CT molecular complexity index is 1340. The Labute approximate surface area is 198 Å². The molecular formula is C30H22O4. The lowest BCUT2D eigenvalue weighted by Crippen LogP contribution is -1.93. The van der Waals surface area contributed by atoms with E-state index in [9.17, 15) is 0 Å². The van der Waals surface area contributed by atoms with Crippen molar-refractivity contribution in [2.24, 2.45) is 0 Å². The minimum absolute atomic E-state index is 0.522. The third-order valence-electron chi connectivity index (χ3n) is 4.88. The molecule has 5 aromatic rings. The highest BCUT2D eigenvalue weighted by molar-refractivity contribution is 5.51. The molecule has 0 unspecified atom stereocenters. The summed E-state index contributed by atoms with van der Waals surface area (Å²) in [6.45, 7) is 0. The van der Waals surface area contributed by atoms with Crippen LogP contribution in [-0.4, -0.2) is 0 Å². The number of para-hydroxylation sites is 3. The average molecular weight is 447 g/mol. The standard InChI is InChI=1S/C30H22O4/c1-4-11-23(12-5-1)31-26-17-10-18-27(21-26)34-30-22-28(32-24-13-6-2-7-14-24)19-20-29(30)33-25-15-8-3-9-16-25/h1-22H. The maximum atomic E-state index is 6.25. The first-order valence-electron chi connectivity index (χ1n) is 10.9. The fourth-order valence-electron chi connectivity index (χ4n) is 3.31. The van der Waals surface area contributed by atoms with Crippen molar-refractivity contribution in [3.63, 3.8) is 0 Å². The topological polar surface area (TPSA) is 36.9 Å². The van der Waals surface area contributed by atoms with Gasteiger partial charge in [0.2, 0.25) is 0 Å². The summed E-state index contributed by atoms with van der Waals surface area (Å²) in [5.41, 5.74) is 0. The van der Waals surface area contributed by atoms with Crippen LogP contribution in [0.25, 0.3) is 0 Å². The maximum absolute atomic E-state index is 6.25. The molecule has 34 heavy (non-hydrogen) atoms. The first-order valence-corrected chi connectivity index (χ1v) is 10.9. The van der Waals surface area contributed by atoms with Crippen LogP contribution in [0.4, 0.5) is 0 Å². The maximum Gasteiger partial charge on any atom is 0.173 e. The molecule has 5 aromatic carbocycles. The molecule has 5 rings (SSSR count). The summed E-state index contributed by atoms with van der Waals surface area (Å²) in [6.07, 6.45) is 0. The molecule has 0 aromatic heterocycles. The third-order valence-corrected chi connectivity index (χ3v) is 4.88. The molecule has 0 aliphatic heterocycles. The number of benzene rings is 5. The number of ether oxygens (including phenoxy) is 4. The summed E-state index contributed by atoms with van der Waals surface area (Å²) in [5.74, 6) is 5.22. The Kier molecular flexibility index (Phi) is 6.40. The summed E-state index contributed by atoms with van der Waals surface area (Å²) < 4.78 is 24.3. The number of hydrogen-bond acceptors (Lipinski definition) is 4. The van der Waals surface area contributed by atoms with Crippen LogP contribution in [0.15, 0.2) is 133 Å². The van der Waals surface area contributed by atoms with E-state index in [2.05, 4.69) is 0 Å². The summed E-state index contributed by atoms with van der Waals surface area (Å²) in [5, 5.41) is 0. The van der Waals surface area contributed by atoms with E-state index in [0.29, 0.717) is 34.5 Å². The molecule has 0 radical (unpaired) electrons. The largest absolute Gasteiger partial charge is 0.457 e. The van der Waals surface area contributed by atoms with E-state index in [0.717, 1.165) is 11.5 Å². The first-order chi connectivity index (χ1) is 16.8. The monoisotopic (exact) mass is 446 g/mol. The Hall–Kier alpha value is -4.70. The van der Waals surface area contributed by atoms with Gasteiger partial charge < -0.3 is 18.9 Å². The lowest BCUT2D eigenvalue weighted by atomic mass is 10.2. The van der Waals surface area contributed by atoms with Crippen LogP contribution in [0.5, 0.6) is 46.0 Å². The second-order valence-corrected chi connectivity index (χ2v) is 7.43. The second-order valence-electron chi connectivity index (χ2n) is 7.43. The predicted molar refractivity (Wildman–Crippen MR) is 133 cm³/mol. The van der Waals surface area contributed by atoms with Crippen molar-refractivity contribution in [3.05, 3.63) is 133 Å². The van der Waals surface area contributed by atoms with Gasteiger partial charge in [-0.3, -0.25) is 0 Å². The molecule has 0 bridgehead atoms. The molecule has 0 spiro atoms. The minimum atomic E-state index is 0.522. The Morgan fingerprint density at radius 2 is 0.676 bits per heavy atom. The molecule has 166 valence electrons. The van der Waals surface area contributed by atoms with Gasteiger partial charge in [0.1, 0.15) is 34.5 Å². The van der Waals surface area contributed by atoms with Crippen molar-refractivity contribution < 1.29 is 18.9 Å². The van der Waals surface area contributed by atoms with Gasteiger partial charge in [-0.15, -0.1) is 0 Å². The van der Waals surface area contributed by atoms with Crippen LogP contribution >= 0.6 is 0 Å². The Balaban J connectivity index is 1.43. The van der Waals surface area contributed by atoms with Crippen molar-refractivity contribution in [3.8, 4) is 46.0 Å². The van der Waals surface area contributed by atoms with Gasteiger partial charge in [-0.1, -0.05) is 60.7 Å². The lowest BCUT2D eigenvalue weighted by molar-refractivity contribution is 0.409. The van der Waals surface area contributed by atoms with Crippen LogP contribution in [-0.2, 0) is 0 Å². The van der Waals surface area contributed by atoms with Gasteiger partial charge in [0.05, 0.1) is 0 Å². The first kappa shape index (κ1) is 21.2. The van der Waals surface area contributed by atoms with Gasteiger partial charge in [0, 0.05) is 12.1 Å². The molecule has 0 saturated heterocycles. The lowest BCUT2D eigenvalue weighted by Gasteiger charge is -2.15. The quantitative estimate of drug-likeness (QED) is 0.238. The molecule has 0 heterocycles. The van der Waals surface area contributed by atoms with Gasteiger partial charge in [-0.05, 0) is 60.7 Å². The van der Waals surface area contributed by atoms with Crippen LogP contribution in [0, 0.1) is 0 Å². The predicted octanol–water partition coefficient (Wildman–Crippen LogP) is 8.86.